The minimum absolute atomic E-state index is 0.322. The number of aryl methyl sites for hydroxylation is 1. The number of para-hydroxylation sites is 2. The summed E-state index contributed by atoms with van der Waals surface area (Å²) in [6, 6.07) is 33.2. The van der Waals surface area contributed by atoms with Crippen LogP contribution in [0.3, 0.4) is 0 Å². The third-order valence-corrected chi connectivity index (χ3v) is 5.92. The Labute approximate surface area is 160 Å². The van der Waals surface area contributed by atoms with Gasteiger partial charge in [-0.15, -0.1) is 0 Å². The van der Waals surface area contributed by atoms with E-state index in [0.29, 0.717) is 6.71 Å². The maximum atomic E-state index is 2.42. The monoisotopic (exact) mass is 343 g/mol. The molecule has 0 fully saturated rings. The van der Waals surface area contributed by atoms with Crippen LogP contribution in [0.25, 0.3) is 11.1 Å². The number of rotatable bonds is 1. The van der Waals surface area contributed by atoms with E-state index in [2.05, 4.69) is 103 Å². The van der Waals surface area contributed by atoms with Gasteiger partial charge in [-0.1, -0.05) is 77.8 Å². The summed E-state index contributed by atoms with van der Waals surface area (Å²) in [6.07, 6.45) is 0. The third-order valence-electron chi connectivity index (χ3n) is 5.92. The summed E-state index contributed by atoms with van der Waals surface area (Å²) in [5.74, 6) is 0. The van der Waals surface area contributed by atoms with Gasteiger partial charge in [0.25, 0.3) is 0 Å². The number of nitrogens with zero attached hydrogens (tertiary/aromatic N) is 1. The molecule has 126 valence electrons. The number of benzene rings is 4. The summed E-state index contributed by atoms with van der Waals surface area (Å²) >= 11 is 0. The molecule has 1 nitrogen and oxygen atoms in total. The number of hydrogen-bond acceptors (Lipinski definition) is 1. The highest BCUT2D eigenvalue weighted by Crippen LogP contribution is 2.39. The molecule has 0 bridgehead atoms. The second-order valence-corrected chi connectivity index (χ2v) is 7.49. The van der Waals surface area contributed by atoms with Crippen molar-refractivity contribution < 1.29 is 0 Å². The van der Waals surface area contributed by atoms with Gasteiger partial charge in [-0.25, -0.2) is 0 Å². The standard InChI is InChI=1S/C25H18BN/c1-17-14-15-19-20-10-7-13-24-25(20)26(22(19)16-17)21-11-5-6-12-23(21)27(24)18-8-3-2-4-9-18/h2-16H,1H3. The maximum Gasteiger partial charge on any atom is 0.248 e. The Morgan fingerprint density at radius 2 is 1.41 bits per heavy atom. The molecule has 27 heavy (non-hydrogen) atoms. The largest absolute Gasteiger partial charge is 0.312 e. The first-order valence-corrected chi connectivity index (χ1v) is 9.51. The van der Waals surface area contributed by atoms with Crippen molar-refractivity contribution in [3.8, 4) is 11.1 Å². The van der Waals surface area contributed by atoms with Gasteiger partial charge >= 0.3 is 0 Å². The highest BCUT2D eigenvalue weighted by atomic mass is 15.1. The van der Waals surface area contributed by atoms with Crippen molar-refractivity contribution in [3.63, 3.8) is 0 Å². The molecule has 6 rings (SSSR count). The first kappa shape index (κ1) is 14.9. The van der Waals surface area contributed by atoms with E-state index in [4.69, 9.17) is 0 Å². The van der Waals surface area contributed by atoms with Gasteiger partial charge in [-0.3, -0.25) is 0 Å². The van der Waals surface area contributed by atoms with E-state index in [-0.39, 0.29) is 0 Å². The van der Waals surface area contributed by atoms with Crippen LogP contribution in [0.1, 0.15) is 5.56 Å². The summed E-state index contributed by atoms with van der Waals surface area (Å²) in [7, 11) is 0. The number of hydrogen-bond donors (Lipinski definition) is 0. The van der Waals surface area contributed by atoms with Crippen molar-refractivity contribution in [3.05, 3.63) is 96.6 Å². The van der Waals surface area contributed by atoms with Crippen molar-refractivity contribution in [1.82, 2.24) is 0 Å². The minimum Gasteiger partial charge on any atom is -0.312 e. The van der Waals surface area contributed by atoms with Crippen LogP contribution >= 0.6 is 0 Å². The van der Waals surface area contributed by atoms with Gasteiger partial charge in [0.15, 0.2) is 0 Å². The highest BCUT2D eigenvalue weighted by molar-refractivity contribution is 7.01. The zero-order valence-corrected chi connectivity index (χ0v) is 15.2. The summed E-state index contributed by atoms with van der Waals surface area (Å²) in [5.41, 5.74) is 12.2. The van der Waals surface area contributed by atoms with E-state index in [1.54, 1.807) is 0 Å². The van der Waals surface area contributed by atoms with Gasteiger partial charge < -0.3 is 4.90 Å². The van der Waals surface area contributed by atoms with Crippen LogP contribution in [0.4, 0.5) is 17.1 Å². The highest BCUT2D eigenvalue weighted by Gasteiger charge is 2.41. The third kappa shape index (κ3) is 1.96. The van der Waals surface area contributed by atoms with Crippen LogP contribution < -0.4 is 21.3 Å². The second-order valence-electron chi connectivity index (χ2n) is 7.49. The van der Waals surface area contributed by atoms with Crippen molar-refractivity contribution >= 4 is 40.2 Å². The normalized spacial score (nSPS) is 13.2. The van der Waals surface area contributed by atoms with Gasteiger partial charge in [0.1, 0.15) is 0 Å². The lowest BCUT2D eigenvalue weighted by Gasteiger charge is -2.35. The predicted octanol–water partition coefficient (Wildman–Crippen LogP) is 4.27. The van der Waals surface area contributed by atoms with Crippen LogP contribution in [0.15, 0.2) is 91.0 Å². The van der Waals surface area contributed by atoms with Gasteiger partial charge in [-0.2, -0.15) is 0 Å². The van der Waals surface area contributed by atoms with Crippen LogP contribution in [-0.4, -0.2) is 6.71 Å². The van der Waals surface area contributed by atoms with E-state index >= 15 is 0 Å². The van der Waals surface area contributed by atoms with Crippen LogP contribution in [0.5, 0.6) is 0 Å². The zero-order valence-electron chi connectivity index (χ0n) is 15.2. The van der Waals surface area contributed by atoms with Crippen LogP contribution in [-0.2, 0) is 0 Å². The van der Waals surface area contributed by atoms with E-state index < -0.39 is 0 Å². The Morgan fingerprint density at radius 1 is 0.630 bits per heavy atom. The zero-order chi connectivity index (χ0) is 18.0. The fraction of sp³-hybridized carbons (Fsp3) is 0.0400. The van der Waals surface area contributed by atoms with Crippen LogP contribution in [0, 0.1) is 6.92 Å². The minimum atomic E-state index is 0.322. The summed E-state index contributed by atoms with van der Waals surface area (Å²) in [4.78, 5) is 2.42. The smallest absolute Gasteiger partial charge is 0.248 e. The Bertz CT molecular complexity index is 1200. The van der Waals surface area contributed by atoms with Gasteiger partial charge in [0, 0.05) is 17.1 Å². The molecule has 0 unspecified atom stereocenters. The lowest BCUT2D eigenvalue weighted by Crippen LogP contribution is -2.54. The molecule has 2 aliphatic heterocycles. The molecule has 0 atom stereocenters. The lowest BCUT2D eigenvalue weighted by molar-refractivity contribution is 1.30. The molecule has 4 aromatic carbocycles. The average Bonchev–Trinajstić information content (AvgIpc) is 3.04. The molecule has 0 saturated carbocycles. The van der Waals surface area contributed by atoms with Crippen LogP contribution in [0.2, 0.25) is 0 Å². The molecule has 0 aromatic heterocycles. The maximum absolute atomic E-state index is 2.42. The number of anilines is 3. The molecule has 0 spiro atoms. The van der Waals surface area contributed by atoms with Gasteiger partial charge in [0.2, 0.25) is 6.71 Å². The molecular formula is C25H18BN. The molecule has 0 N–H and O–H groups in total. The van der Waals surface area contributed by atoms with E-state index in [9.17, 15) is 0 Å². The average molecular weight is 343 g/mol. The van der Waals surface area contributed by atoms with E-state index in [1.165, 1.54) is 50.1 Å². The Kier molecular flexibility index (Phi) is 2.96. The molecule has 2 heterocycles. The van der Waals surface area contributed by atoms with Crippen molar-refractivity contribution in [2.24, 2.45) is 0 Å². The number of fused-ring (bicyclic) bond motifs is 5. The van der Waals surface area contributed by atoms with E-state index in [0.717, 1.165) is 0 Å². The Balaban J connectivity index is 1.72. The van der Waals surface area contributed by atoms with Gasteiger partial charge in [0.05, 0.1) is 0 Å². The fourth-order valence-electron chi connectivity index (χ4n) is 4.85. The molecule has 4 aromatic rings. The molecule has 2 heteroatoms. The molecule has 2 aliphatic rings. The first-order valence-electron chi connectivity index (χ1n) is 9.51. The van der Waals surface area contributed by atoms with Crippen molar-refractivity contribution in [2.75, 3.05) is 4.90 Å². The molecule has 0 radical (unpaired) electrons. The SMILES string of the molecule is Cc1ccc2c(c1)B1c3ccccc3N(c3ccccc3)c3cccc-2c31. The van der Waals surface area contributed by atoms with Gasteiger partial charge in [-0.05, 0) is 53.2 Å². The Hall–Kier alpha value is -3.26. The Morgan fingerprint density at radius 3 is 2.30 bits per heavy atom. The quantitative estimate of drug-likeness (QED) is 0.403. The van der Waals surface area contributed by atoms with Crippen molar-refractivity contribution in [2.45, 2.75) is 6.92 Å². The molecular weight excluding hydrogens is 325 g/mol. The predicted molar refractivity (Wildman–Crippen MR) is 116 cm³/mol. The lowest BCUT2D eigenvalue weighted by atomic mass is 9.37. The molecule has 0 aliphatic carbocycles. The second kappa shape index (κ2) is 5.37. The summed E-state index contributed by atoms with van der Waals surface area (Å²) < 4.78 is 0. The molecule has 0 amide bonds. The summed E-state index contributed by atoms with van der Waals surface area (Å²) in [6.45, 7) is 2.51. The molecule has 0 saturated heterocycles. The van der Waals surface area contributed by atoms with E-state index in [1.807, 2.05) is 0 Å². The summed E-state index contributed by atoms with van der Waals surface area (Å²) in [5, 5.41) is 0. The van der Waals surface area contributed by atoms with Crippen molar-refractivity contribution in [1.29, 1.82) is 0 Å². The first-order chi connectivity index (χ1) is 13.3. The topological polar surface area (TPSA) is 3.24 Å². The fourth-order valence-corrected chi connectivity index (χ4v) is 4.85.